The first-order valence-electron chi connectivity index (χ1n) is 7.16. The van der Waals surface area contributed by atoms with Crippen molar-refractivity contribution < 1.29 is 4.74 Å². The molecule has 2 rings (SSSR count). The van der Waals surface area contributed by atoms with E-state index >= 15 is 0 Å². The third-order valence-corrected chi connectivity index (χ3v) is 4.61. The average Bonchev–Trinajstić information content (AvgIpc) is 2.89. The largest absolute Gasteiger partial charge is 0.374 e. The molecule has 0 aromatic carbocycles. The van der Waals surface area contributed by atoms with Gasteiger partial charge in [-0.15, -0.1) is 0 Å². The lowest BCUT2D eigenvalue weighted by Crippen LogP contribution is -2.39. The van der Waals surface area contributed by atoms with Crippen LogP contribution in [0.5, 0.6) is 0 Å². The van der Waals surface area contributed by atoms with Gasteiger partial charge in [-0.05, 0) is 25.7 Å². The van der Waals surface area contributed by atoms with Crippen molar-refractivity contribution in [3.05, 3.63) is 0 Å². The molecule has 0 aromatic heterocycles. The second kappa shape index (κ2) is 5.50. The van der Waals surface area contributed by atoms with E-state index in [9.17, 15) is 0 Å². The van der Waals surface area contributed by atoms with E-state index in [1.54, 1.807) is 0 Å². The zero-order valence-corrected chi connectivity index (χ0v) is 10.7. The summed E-state index contributed by atoms with van der Waals surface area (Å²) in [6, 6.07) is 0. The van der Waals surface area contributed by atoms with Crippen LogP contribution in [-0.2, 0) is 4.74 Å². The Hall–Kier alpha value is -0.0800. The Bertz CT molecular complexity index is 219. The molecule has 2 aliphatic rings. The Morgan fingerprint density at radius 2 is 2.00 bits per heavy atom. The summed E-state index contributed by atoms with van der Waals surface area (Å²) < 4.78 is 5.98. The normalized spacial score (nSPS) is 37.1. The van der Waals surface area contributed by atoms with Crippen LogP contribution in [0.2, 0.25) is 0 Å². The first kappa shape index (κ1) is 12.4. The monoisotopic (exact) mass is 225 g/mol. The minimum atomic E-state index is 0.356. The summed E-state index contributed by atoms with van der Waals surface area (Å²) in [6.07, 6.45) is 13.0. The lowest BCUT2D eigenvalue weighted by atomic mass is 9.71. The summed E-state index contributed by atoms with van der Waals surface area (Å²) in [4.78, 5) is 0. The van der Waals surface area contributed by atoms with Crippen molar-refractivity contribution in [2.45, 2.75) is 76.9 Å². The molecule has 16 heavy (non-hydrogen) atoms. The number of hydrogen-bond acceptors (Lipinski definition) is 2. The first-order chi connectivity index (χ1) is 7.80. The molecule has 0 spiro atoms. The molecule has 94 valence electrons. The number of rotatable bonds is 7. The standard InChI is InChI=1S/C14H27NO/c1-2-3-4-5-6-9-14(11-15)10-12-7-8-13(14)16-12/h12-13H,2-11,15H2,1H3. The topological polar surface area (TPSA) is 35.2 Å². The Kier molecular flexibility index (Phi) is 4.26. The van der Waals surface area contributed by atoms with Crippen LogP contribution in [0.3, 0.4) is 0 Å². The summed E-state index contributed by atoms with van der Waals surface area (Å²) in [6.45, 7) is 3.10. The van der Waals surface area contributed by atoms with E-state index in [0.29, 0.717) is 17.6 Å². The van der Waals surface area contributed by atoms with Crippen molar-refractivity contribution in [2.75, 3.05) is 6.54 Å². The highest BCUT2D eigenvalue weighted by Gasteiger charge is 2.50. The molecule has 0 aliphatic carbocycles. The summed E-state index contributed by atoms with van der Waals surface area (Å²) in [5.41, 5.74) is 6.37. The van der Waals surface area contributed by atoms with Crippen molar-refractivity contribution >= 4 is 0 Å². The van der Waals surface area contributed by atoms with Gasteiger partial charge in [-0.2, -0.15) is 0 Å². The predicted octanol–water partition coefficient (Wildman–Crippen LogP) is 3.24. The first-order valence-corrected chi connectivity index (χ1v) is 7.16. The minimum absolute atomic E-state index is 0.356. The molecule has 2 N–H and O–H groups in total. The van der Waals surface area contributed by atoms with Gasteiger partial charge in [0.05, 0.1) is 12.2 Å². The van der Waals surface area contributed by atoms with Crippen LogP contribution in [0.15, 0.2) is 0 Å². The SMILES string of the molecule is CCCCCCCC1(CN)CC2CCC1O2. The van der Waals surface area contributed by atoms with Crippen LogP contribution >= 0.6 is 0 Å². The highest BCUT2D eigenvalue weighted by atomic mass is 16.5. The fraction of sp³-hybridized carbons (Fsp3) is 1.00. The summed E-state index contributed by atoms with van der Waals surface area (Å²) >= 11 is 0. The van der Waals surface area contributed by atoms with Crippen molar-refractivity contribution in [3.63, 3.8) is 0 Å². The maximum atomic E-state index is 6.02. The lowest BCUT2D eigenvalue weighted by Gasteiger charge is -2.34. The third kappa shape index (κ3) is 2.43. The molecule has 2 heteroatoms. The molecule has 2 nitrogen and oxygen atoms in total. The number of hydrogen-bond donors (Lipinski definition) is 1. The number of fused-ring (bicyclic) bond motifs is 2. The van der Waals surface area contributed by atoms with Gasteiger partial charge in [0.1, 0.15) is 0 Å². The van der Waals surface area contributed by atoms with E-state index in [-0.39, 0.29) is 0 Å². The fourth-order valence-electron chi connectivity index (χ4n) is 3.55. The van der Waals surface area contributed by atoms with Crippen LogP contribution in [0.25, 0.3) is 0 Å². The average molecular weight is 225 g/mol. The van der Waals surface area contributed by atoms with Gasteiger partial charge < -0.3 is 10.5 Å². The van der Waals surface area contributed by atoms with Gasteiger partial charge in [-0.1, -0.05) is 39.0 Å². The molecule has 3 unspecified atom stereocenters. The fourth-order valence-corrected chi connectivity index (χ4v) is 3.55. The Balaban J connectivity index is 1.73. The molecule has 2 bridgehead atoms. The van der Waals surface area contributed by atoms with Crippen LogP contribution in [0.1, 0.15) is 64.7 Å². The highest BCUT2D eigenvalue weighted by molar-refractivity contribution is 5.00. The summed E-state index contributed by atoms with van der Waals surface area (Å²) in [5.74, 6) is 0. The molecule has 0 saturated carbocycles. The minimum Gasteiger partial charge on any atom is -0.374 e. The van der Waals surface area contributed by atoms with Crippen molar-refractivity contribution in [2.24, 2.45) is 11.1 Å². The molecule has 2 aliphatic heterocycles. The second-order valence-corrected chi connectivity index (χ2v) is 5.76. The van der Waals surface area contributed by atoms with Gasteiger partial charge in [-0.25, -0.2) is 0 Å². The van der Waals surface area contributed by atoms with E-state index in [1.165, 1.54) is 57.8 Å². The van der Waals surface area contributed by atoms with Gasteiger partial charge in [0, 0.05) is 12.0 Å². The molecular formula is C14H27NO. The molecule has 2 saturated heterocycles. The maximum Gasteiger partial charge on any atom is 0.0649 e. The van der Waals surface area contributed by atoms with E-state index in [0.717, 1.165) is 6.54 Å². The number of unbranched alkanes of at least 4 members (excludes halogenated alkanes) is 4. The maximum absolute atomic E-state index is 6.02. The zero-order valence-electron chi connectivity index (χ0n) is 10.7. The van der Waals surface area contributed by atoms with Crippen LogP contribution in [0, 0.1) is 5.41 Å². The van der Waals surface area contributed by atoms with Gasteiger partial charge in [0.2, 0.25) is 0 Å². The Morgan fingerprint density at radius 3 is 2.56 bits per heavy atom. The Labute approximate surface area is 99.9 Å². The van der Waals surface area contributed by atoms with E-state index in [2.05, 4.69) is 6.92 Å². The van der Waals surface area contributed by atoms with Crippen LogP contribution in [0.4, 0.5) is 0 Å². The molecule has 2 fully saturated rings. The van der Waals surface area contributed by atoms with Crippen LogP contribution in [-0.4, -0.2) is 18.8 Å². The van der Waals surface area contributed by atoms with E-state index in [4.69, 9.17) is 10.5 Å². The molecule has 0 radical (unpaired) electrons. The molecule has 0 amide bonds. The second-order valence-electron chi connectivity index (χ2n) is 5.76. The van der Waals surface area contributed by atoms with Gasteiger partial charge in [0.15, 0.2) is 0 Å². The number of nitrogens with two attached hydrogens (primary N) is 1. The Morgan fingerprint density at radius 1 is 1.19 bits per heavy atom. The predicted molar refractivity (Wildman–Crippen MR) is 67.4 cm³/mol. The molecule has 0 aromatic rings. The number of ether oxygens (including phenoxy) is 1. The smallest absolute Gasteiger partial charge is 0.0649 e. The molecule has 3 atom stereocenters. The third-order valence-electron chi connectivity index (χ3n) is 4.61. The van der Waals surface area contributed by atoms with Crippen molar-refractivity contribution in [1.82, 2.24) is 0 Å². The van der Waals surface area contributed by atoms with Crippen LogP contribution < -0.4 is 5.73 Å². The van der Waals surface area contributed by atoms with Gasteiger partial charge in [-0.3, -0.25) is 0 Å². The summed E-state index contributed by atoms with van der Waals surface area (Å²) in [7, 11) is 0. The molecular weight excluding hydrogens is 198 g/mol. The van der Waals surface area contributed by atoms with Crippen molar-refractivity contribution in [1.29, 1.82) is 0 Å². The van der Waals surface area contributed by atoms with E-state index < -0.39 is 0 Å². The zero-order chi connectivity index (χ0) is 11.4. The van der Waals surface area contributed by atoms with Gasteiger partial charge in [0.25, 0.3) is 0 Å². The molecule has 2 heterocycles. The lowest BCUT2D eigenvalue weighted by molar-refractivity contribution is 0.0587. The quantitative estimate of drug-likeness (QED) is 0.675. The van der Waals surface area contributed by atoms with Gasteiger partial charge >= 0.3 is 0 Å². The summed E-state index contributed by atoms with van der Waals surface area (Å²) in [5, 5.41) is 0. The van der Waals surface area contributed by atoms with Crippen molar-refractivity contribution in [3.8, 4) is 0 Å². The highest BCUT2D eigenvalue weighted by Crippen LogP contribution is 2.49. The van der Waals surface area contributed by atoms with E-state index in [1.807, 2.05) is 0 Å².